The van der Waals surface area contributed by atoms with Gasteiger partial charge in [-0.2, -0.15) is 0 Å². The van der Waals surface area contributed by atoms with E-state index in [0.717, 1.165) is 23.2 Å². The fraction of sp³-hybridized carbons (Fsp3) is 0.160. The molecular weight excluding hydrogens is 374 g/mol. The molecule has 3 aromatic carbocycles. The molecule has 1 heterocycles. The van der Waals surface area contributed by atoms with Crippen molar-refractivity contribution in [3.63, 3.8) is 0 Å². The normalized spacial score (nSPS) is 15.4. The van der Waals surface area contributed by atoms with Crippen LogP contribution in [0.5, 0.6) is 0 Å². The zero-order valence-corrected chi connectivity index (χ0v) is 16.8. The van der Waals surface area contributed by atoms with Crippen molar-refractivity contribution in [1.29, 1.82) is 0 Å². The minimum atomic E-state index is -0.596. The van der Waals surface area contributed by atoms with E-state index in [-0.39, 0.29) is 11.8 Å². The predicted octanol–water partition coefficient (Wildman–Crippen LogP) is 4.68. The molecule has 0 aromatic heterocycles. The van der Waals surface area contributed by atoms with Crippen LogP contribution in [-0.2, 0) is 4.79 Å². The lowest BCUT2D eigenvalue weighted by atomic mass is 9.89. The summed E-state index contributed by atoms with van der Waals surface area (Å²) in [4.78, 5) is 30.3. The molecule has 4 rings (SSSR count). The number of rotatable bonds is 6. The second kappa shape index (κ2) is 8.74. The summed E-state index contributed by atoms with van der Waals surface area (Å²) in [6.45, 7) is 2.62. The molecule has 2 amide bonds. The van der Waals surface area contributed by atoms with Gasteiger partial charge in [-0.3, -0.25) is 14.6 Å². The lowest BCUT2D eigenvalue weighted by Crippen LogP contribution is -2.24. The number of benzene rings is 3. The van der Waals surface area contributed by atoms with E-state index in [4.69, 9.17) is 4.99 Å². The summed E-state index contributed by atoms with van der Waals surface area (Å²) >= 11 is 0. The maximum atomic E-state index is 13.0. The second-order valence-electron chi connectivity index (χ2n) is 7.18. The number of hydrogen-bond donors (Lipinski definition) is 2. The van der Waals surface area contributed by atoms with Gasteiger partial charge in [-0.1, -0.05) is 55.5 Å². The van der Waals surface area contributed by atoms with E-state index in [1.165, 1.54) is 0 Å². The van der Waals surface area contributed by atoms with Crippen molar-refractivity contribution in [2.45, 2.75) is 19.3 Å². The number of carbonyl (C=O) groups excluding carboxylic acids is 2. The summed E-state index contributed by atoms with van der Waals surface area (Å²) in [6.07, 6.45) is 0.862. The number of aliphatic imine (C=N–C) groups is 1. The van der Waals surface area contributed by atoms with Gasteiger partial charge in [0.2, 0.25) is 5.91 Å². The topological polar surface area (TPSA) is 70.6 Å². The van der Waals surface area contributed by atoms with Gasteiger partial charge in [0.25, 0.3) is 5.91 Å². The Labute approximate surface area is 175 Å². The number of carbonyl (C=O) groups is 2. The van der Waals surface area contributed by atoms with Crippen molar-refractivity contribution in [2.75, 3.05) is 11.9 Å². The van der Waals surface area contributed by atoms with E-state index >= 15 is 0 Å². The summed E-state index contributed by atoms with van der Waals surface area (Å²) in [7, 11) is 0. The first-order valence-corrected chi connectivity index (χ1v) is 10.1. The quantitative estimate of drug-likeness (QED) is 0.593. The number of nitrogens with zero attached hydrogens (tertiary/aromatic N) is 1. The number of amides is 2. The first-order chi connectivity index (χ1) is 14.7. The van der Waals surface area contributed by atoms with Gasteiger partial charge in [0.15, 0.2) is 0 Å². The molecule has 1 aliphatic heterocycles. The van der Waals surface area contributed by atoms with Gasteiger partial charge in [-0.05, 0) is 47.9 Å². The molecule has 0 aliphatic carbocycles. The summed E-state index contributed by atoms with van der Waals surface area (Å²) in [5.41, 5.74) is 4.32. The fourth-order valence-corrected chi connectivity index (χ4v) is 3.56. The van der Waals surface area contributed by atoms with Gasteiger partial charge in [0.1, 0.15) is 5.92 Å². The molecule has 1 atom stereocenters. The molecule has 0 saturated heterocycles. The number of para-hydroxylation sites is 1. The molecule has 2 N–H and O–H groups in total. The van der Waals surface area contributed by atoms with Gasteiger partial charge in [0.05, 0.1) is 11.4 Å². The minimum absolute atomic E-state index is 0.140. The van der Waals surface area contributed by atoms with Crippen LogP contribution >= 0.6 is 0 Å². The van der Waals surface area contributed by atoms with Crippen LogP contribution in [0, 0.1) is 0 Å². The lowest BCUT2D eigenvalue weighted by Gasteiger charge is -2.14. The Kier molecular flexibility index (Phi) is 5.70. The van der Waals surface area contributed by atoms with Gasteiger partial charge < -0.3 is 10.6 Å². The summed E-state index contributed by atoms with van der Waals surface area (Å²) in [6, 6.07) is 24.6. The summed E-state index contributed by atoms with van der Waals surface area (Å²) in [5, 5.41) is 5.83. The Morgan fingerprint density at radius 2 is 1.67 bits per heavy atom. The molecular formula is C25H23N3O2. The van der Waals surface area contributed by atoms with Gasteiger partial charge in [-0.15, -0.1) is 0 Å². The van der Waals surface area contributed by atoms with Crippen LogP contribution in [0.3, 0.4) is 0 Å². The number of nitrogens with one attached hydrogen (secondary N) is 2. The monoisotopic (exact) mass is 397 g/mol. The fourth-order valence-electron chi connectivity index (χ4n) is 3.56. The zero-order valence-electron chi connectivity index (χ0n) is 16.8. The van der Waals surface area contributed by atoms with Crippen LogP contribution in [0.1, 0.15) is 40.7 Å². The van der Waals surface area contributed by atoms with Crippen LogP contribution in [0.4, 0.5) is 11.4 Å². The molecule has 30 heavy (non-hydrogen) atoms. The van der Waals surface area contributed by atoms with Crippen LogP contribution in [0.15, 0.2) is 83.9 Å². The van der Waals surface area contributed by atoms with Crippen LogP contribution in [-0.4, -0.2) is 24.1 Å². The van der Waals surface area contributed by atoms with E-state index in [1.807, 2.05) is 67.6 Å². The smallest absolute Gasteiger partial charge is 0.251 e. The van der Waals surface area contributed by atoms with Crippen molar-refractivity contribution < 1.29 is 9.59 Å². The Balaban J connectivity index is 1.80. The van der Waals surface area contributed by atoms with E-state index in [2.05, 4.69) is 10.6 Å². The molecule has 0 spiro atoms. The number of anilines is 1. The number of hydrogen-bond acceptors (Lipinski definition) is 3. The highest BCUT2D eigenvalue weighted by Crippen LogP contribution is 2.37. The molecule has 0 bridgehead atoms. The average molecular weight is 397 g/mol. The molecule has 1 aliphatic rings. The third-order valence-electron chi connectivity index (χ3n) is 5.03. The van der Waals surface area contributed by atoms with Gasteiger partial charge >= 0.3 is 0 Å². The van der Waals surface area contributed by atoms with Crippen LogP contribution in [0.25, 0.3) is 0 Å². The first kappa shape index (κ1) is 19.6. The van der Waals surface area contributed by atoms with Crippen molar-refractivity contribution in [3.05, 3.63) is 95.6 Å². The minimum Gasteiger partial charge on any atom is -0.352 e. The predicted molar refractivity (Wildman–Crippen MR) is 120 cm³/mol. The lowest BCUT2D eigenvalue weighted by molar-refractivity contribution is -0.115. The van der Waals surface area contributed by atoms with E-state index in [9.17, 15) is 9.59 Å². The third-order valence-corrected chi connectivity index (χ3v) is 5.03. The second-order valence-corrected chi connectivity index (χ2v) is 7.18. The van der Waals surface area contributed by atoms with E-state index < -0.39 is 5.92 Å². The standard InChI is InChI=1S/C25H23N3O2/c1-2-15-26-24(29)18-13-14-21-20(16-18)22(25(30)28-21)23(17-9-5-3-6-10-17)27-19-11-7-4-8-12-19/h3-14,16,22H,2,15H2,1H3,(H,26,29)(H,28,30). The molecule has 0 fully saturated rings. The molecule has 1 unspecified atom stereocenters. The maximum absolute atomic E-state index is 13.0. The highest BCUT2D eigenvalue weighted by atomic mass is 16.2. The largest absolute Gasteiger partial charge is 0.352 e. The molecule has 150 valence electrons. The van der Waals surface area contributed by atoms with E-state index in [0.29, 0.717) is 23.5 Å². The molecule has 5 nitrogen and oxygen atoms in total. The van der Waals surface area contributed by atoms with Crippen molar-refractivity contribution in [3.8, 4) is 0 Å². The Morgan fingerprint density at radius 1 is 0.967 bits per heavy atom. The maximum Gasteiger partial charge on any atom is 0.251 e. The highest BCUT2D eigenvalue weighted by Gasteiger charge is 2.36. The number of fused-ring (bicyclic) bond motifs is 1. The zero-order chi connectivity index (χ0) is 20.9. The van der Waals surface area contributed by atoms with Crippen molar-refractivity contribution >= 4 is 28.9 Å². The first-order valence-electron chi connectivity index (χ1n) is 10.1. The summed E-state index contributed by atoms with van der Waals surface area (Å²) < 4.78 is 0. The molecule has 0 saturated carbocycles. The van der Waals surface area contributed by atoms with Crippen molar-refractivity contribution in [1.82, 2.24) is 5.32 Å². The average Bonchev–Trinajstić information content (AvgIpc) is 3.12. The summed E-state index contributed by atoms with van der Waals surface area (Å²) in [5.74, 6) is -0.879. The Hall–Kier alpha value is -3.73. The van der Waals surface area contributed by atoms with Gasteiger partial charge in [-0.25, -0.2) is 0 Å². The van der Waals surface area contributed by atoms with Gasteiger partial charge in [0, 0.05) is 17.8 Å². The molecule has 5 heteroatoms. The van der Waals surface area contributed by atoms with Crippen LogP contribution in [0.2, 0.25) is 0 Å². The Morgan fingerprint density at radius 3 is 2.37 bits per heavy atom. The SMILES string of the molecule is CCCNC(=O)c1ccc2c(c1)C(C(=Nc1ccccc1)c1ccccc1)C(=O)N2. The van der Waals surface area contributed by atoms with Crippen LogP contribution < -0.4 is 10.6 Å². The molecule has 3 aromatic rings. The third kappa shape index (κ3) is 4.01. The highest BCUT2D eigenvalue weighted by molar-refractivity contribution is 6.24. The van der Waals surface area contributed by atoms with Crippen molar-refractivity contribution in [2.24, 2.45) is 4.99 Å². The van der Waals surface area contributed by atoms with E-state index in [1.54, 1.807) is 18.2 Å². The Bertz CT molecular complexity index is 1090. The molecule has 0 radical (unpaired) electrons.